The largest absolute Gasteiger partial charge is 0.466 e. The fraction of sp³-hybridized carbons (Fsp3) is 0.933. The number of rotatable bonds is 27. The van der Waals surface area contributed by atoms with Crippen molar-refractivity contribution < 1.29 is 19.1 Å². The molecule has 0 N–H and O–H groups in total. The molecule has 0 radical (unpaired) electrons. The zero-order valence-electron chi connectivity index (χ0n) is 23.0. The molecule has 0 aliphatic rings. The van der Waals surface area contributed by atoms with Gasteiger partial charge in [0.2, 0.25) is 0 Å². The molecule has 0 spiro atoms. The highest BCUT2D eigenvalue weighted by molar-refractivity contribution is 5.69. The number of carbonyl (C=O) groups excluding carboxylic acids is 2. The molecule has 0 saturated heterocycles. The Morgan fingerprint density at radius 3 is 1.03 bits per heavy atom. The van der Waals surface area contributed by atoms with Crippen molar-refractivity contribution >= 4 is 11.9 Å². The third-order valence-electron chi connectivity index (χ3n) is 6.53. The Hall–Kier alpha value is -1.06. The van der Waals surface area contributed by atoms with E-state index in [2.05, 4.69) is 13.8 Å². The molecule has 0 aromatic carbocycles. The summed E-state index contributed by atoms with van der Waals surface area (Å²) in [6.45, 7) is 5.51. The lowest BCUT2D eigenvalue weighted by molar-refractivity contribution is -0.144. The average Bonchev–Trinajstić information content (AvgIpc) is 2.83. The molecule has 0 fully saturated rings. The Morgan fingerprint density at radius 2 is 0.647 bits per heavy atom. The molecule has 0 aliphatic heterocycles. The Bertz CT molecular complexity index is 436. The molecule has 4 nitrogen and oxygen atoms in total. The van der Waals surface area contributed by atoms with Crippen LogP contribution in [-0.4, -0.2) is 25.2 Å². The molecular weight excluding hydrogens is 424 g/mol. The van der Waals surface area contributed by atoms with E-state index in [4.69, 9.17) is 9.47 Å². The fourth-order valence-electron chi connectivity index (χ4n) is 4.23. The van der Waals surface area contributed by atoms with E-state index >= 15 is 0 Å². The van der Waals surface area contributed by atoms with Crippen LogP contribution in [0, 0.1) is 0 Å². The molecule has 0 bridgehead atoms. The lowest BCUT2D eigenvalue weighted by atomic mass is 10.0. The predicted molar refractivity (Wildman–Crippen MR) is 144 cm³/mol. The molecule has 0 heterocycles. The topological polar surface area (TPSA) is 52.6 Å². The number of unbranched alkanes of at least 4 members (excludes halogenated alkanes) is 19. The van der Waals surface area contributed by atoms with Gasteiger partial charge in [-0.1, -0.05) is 129 Å². The second kappa shape index (κ2) is 28.2. The summed E-state index contributed by atoms with van der Waals surface area (Å²) in [5.74, 6) is -0.203. The van der Waals surface area contributed by atoms with E-state index in [-0.39, 0.29) is 11.9 Å². The molecule has 0 aromatic rings. The van der Waals surface area contributed by atoms with E-state index in [0.717, 1.165) is 51.4 Å². The van der Waals surface area contributed by atoms with Crippen molar-refractivity contribution in [3.63, 3.8) is 0 Å². The van der Waals surface area contributed by atoms with Gasteiger partial charge in [0, 0.05) is 12.8 Å². The first kappa shape index (κ1) is 32.9. The minimum absolute atomic E-state index is 0.0944. The number of ether oxygens (including phenoxy) is 2. The van der Waals surface area contributed by atoms with Crippen molar-refractivity contribution in [2.45, 2.75) is 168 Å². The quantitative estimate of drug-likeness (QED) is 0.0864. The highest BCUT2D eigenvalue weighted by atomic mass is 16.5. The summed E-state index contributed by atoms with van der Waals surface area (Å²) >= 11 is 0. The Balaban J connectivity index is 3.21. The van der Waals surface area contributed by atoms with Crippen LogP contribution >= 0.6 is 0 Å². The zero-order valence-corrected chi connectivity index (χ0v) is 23.0. The van der Waals surface area contributed by atoms with E-state index in [9.17, 15) is 9.59 Å². The summed E-state index contributed by atoms with van der Waals surface area (Å²) in [6, 6.07) is 0. The van der Waals surface area contributed by atoms with E-state index < -0.39 is 0 Å². The van der Waals surface area contributed by atoms with E-state index in [1.807, 2.05) is 0 Å². The monoisotopic (exact) mass is 482 g/mol. The summed E-state index contributed by atoms with van der Waals surface area (Å²) in [4.78, 5) is 23.4. The van der Waals surface area contributed by atoms with Crippen LogP contribution in [0.1, 0.15) is 168 Å². The molecule has 0 aliphatic carbocycles. The first-order valence-electron chi connectivity index (χ1n) is 15.0. The Kier molecular flexibility index (Phi) is 27.3. The van der Waals surface area contributed by atoms with Gasteiger partial charge in [-0.2, -0.15) is 0 Å². The normalized spacial score (nSPS) is 11.0. The van der Waals surface area contributed by atoms with Gasteiger partial charge in [0.1, 0.15) is 0 Å². The first-order valence-corrected chi connectivity index (χ1v) is 15.0. The van der Waals surface area contributed by atoms with Gasteiger partial charge in [0.05, 0.1) is 13.2 Å². The van der Waals surface area contributed by atoms with Crippen LogP contribution in [0.25, 0.3) is 0 Å². The van der Waals surface area contributed by atoms with E-state index in [1.54, 1.807) is 0 Å². The highest BCUT2D eigenvalue weighted by Gasteiger charge is 2.05. The standard InChI is InChI=1S/C30H58O4/c1-3-5-7-8-9-10-11-12-13-14-15-16-17-18-19-24-28-34-30(32)26-22-20-21-25-29(31)33-27-23-6-4-2/h3-28H2,1-2H3. The lowest BCUT2D eigenvalue weighted by Gasteiger charge is -2.06. The molecular formula is C30H58O4. The van der Waals surface area contributed by atoms with Crippen LogP contribution in [0.3, 0.4) is 0 Å². The molecule has 0 rings (SSSR count). The maximum absolute atomic E-state index is 11.8. The van der Waals surface area contributed by atoms with Gasteiger partial charge in [-0.05, 0) is 25.7 Å². The van der Waals surface area contributed by atoms with Crippen LogP contribution in [0.5, 0.6) is 0 Å². The Labute approximate surface area is 212 Å². The second-order valence-electron chi connectivity index (χ2n) is 10.0. The molecule has 4 heteroatoms. The smallest absolute Gasteiger partial charge is 0.305 e. The van der Waals surface area contributed by atoms with Crippen molar-refractivity contribution in [1.82, 2.24) is 0 Å². The second-order valence-corrected chi connectivity index (χ2v) is 10.0. The third-order valence-corrected chi connectivity index (χ3v) is 6.53. The summed E-state index contributed by atoms with van der Waals surface area (Å²) in [7, 11) is 0. The minimum Gasteiger partial charge on any atom is -0.466 e. The SMILES string of the molecule is CCCCCCCCCCCCCCCCCCOC(=O)CCCCCC(=O)OCCCCC. The van der Waals surface area contributed by atoms with Crippen LogP contribution in [0.2, 0.25) is 0 Å². The summed E-state index contributed by atoms with van der Waals surface area (Å²) in [5, 5.41) is 0. The minimum atomic E-state index is -0.109. The van der Waals surface area contributed by atoms with Crippen molar-refractivity contribution in [2.24, 2.45) is 0 Å². The maximum atomic E-state index is 11.8. The zero-order chi connectivity index (χ0) is 25.0. The van der Waals surface area contributed by atoms with Gasteiger partial charge in [-0.25, -0.2) is 0 Å². The summed E-state index contributed by atoms with van der Waals surface area (Å²) in [5.41, 5.74) is 0. The number of hydrogen-bond acceptors (Lipinski definition) is 4. The Morgan fingerprint density at radius 1 is 0.382 bits per heavy atom. The van der Waals surface area contributed by atoms with Crippen LogP contribution in [0.4, 0.5) is 0 Å². The summed E-state index contributed by atoms with van der Waals surface area (Å²) in [6.07, 6.45) is 28.1. The van der Waals surface area contributed by atoms with Gasteiger partial charge in [-0.3, -0.25) is 9.59 Å². The van der Waals surface area contributed by atoms with E-state index in [1.165, 1.54) is 89.9 Å². The molecule has 34 heavy (non-hydrogen) atoms. The molecule has 0 saturated carbocycles. The van der Waals surface area contributed by atoms with Crippen molar-refractivity contribution in [1.29, 1.82) is 0 Å². The van der Waals surface area contributed by atoms with Crippen molar-refractivity contribution in [2.75, 3.05) is 13.2 Å². The average molecular weight is 483 g/mol. The van der Waals surface area contributed by atoms with Crippen LogP contribution in [0.15, 0.2) is 0 Å². The number of hydrogen-bond donors (Lipinski definition) is 0. The van der Waals surface area contributed by atoms with Gasteiger partial charge in [0.25, 0.3) is 0 Å². The number of carbonyl (C=O) groups is 2. The molecule has 202 valence electrons. The van der Waals surface area contributed by atoms with Gasteiger partial charge < -0.3 is 9.47 Å². The highest BCUT2D eigenvalue weighted by Crippen LogP contribution is 2.14. The fourth-order valence-corrected chi connectivity index (χ4v) is 4.23. The maximum Gasteiger partial charge on any atom is 0.305 e. The lowest BCUT2D eigenvalue weighted by Crippen LogP contribution is -2.07. The first-order chi connectivity index (χ1) is 16.7. The van der Waals surface area contributed by atoms with Gasteiger partial charge >= 0.3 is 11.9 Å². The summed E-state index contributed by atoms with van der Waals surface area (Å²) < 4.78 is 10.5. The third kappa shape index (κ3) is 27.2. The van der Waals surface area contributed by atoms with Gasteiger partial charge in [-0.15, -0.1) is 0 Å². The van der Waals surface area contributed by atoms with E-state index in [0.29, 0.717) is 26.1 Å². The van der Waals surface area contributed by atoms with Gasteiger partial charge in [0.15, 0.2) is 0 Å². The van der Waals surface area contributed by atoms with Crippen LogP contribution in [-0.2, 0) is 19.1 Å². The molecule has 0 atom stereocenters. The van der Waals surface area contributed by atoms with Crippen LogP contribution < -0.4 is 0 Å². The molecule has 0 amide bonds. The van der Waals surface area contributed by atoms with Crippen molar-refractivity contribution in [3.05, 3.63) is 0 Å². The predicted octanol–water partition coefficient (Wildman–Crippen LogP) is 9.48. The van der Waals surface area contributed by atoms with Crippen molar-refractivity contribution in [3.8, 4) is 0 Å². The molecule has 0 unspecified atom stereocenters. The number of esters is 2. The molecule has 0 aromatic heterocycles.